The van der Waals surface area contributed by atoms with Crippen molar-refractivity contribution in [1.29, 1.82) is 0 Å². The number of benzene rings is 2. The van der Waals surface area contributed by atoms with Crippen molar-refractivity contribution in [2.45, 2.75) is 6.61 Å². The van der Waals surface area contributed by atoms with Crippen LogP contribution in [-0.2, 0) is 6.61 Å². The van der Waals surface area contributed by atoms with Gasteiger partial charge in [-0.05, 0) is 17.7 Å². The molecule has 0 aliphatic heterocycles. The van der Waals surface area contributed by atoms with Crippen LogP contribution in [0.5, 0.6) is 5.75 Å². The van der Waals surface area contributed by atoms with E-state index in [1.807, 2.05) is 55.6 Å². The summed E-state index contributed by atoms with van der Waals surface area (Å²) in [5.74, 6) is 0.709. The van der Waals surface area contributed by atoms with Crippen molar-refractivity contribution in [3.63, 3.8) is 0 Å². The maximum absolute atomic E-state index is 5.97. The van der Waals surface area contributed by atoms with Crippen LogP contribution in [0, 0.1) is 0 Å². The maximum Gasteiger partial charge on any atom is 0.144 e. The Morgan fingerprint density at radius 1 is 1.06 bits per heavy atom. The minimum Gasteiger partial charge on any atom is -0.487 e. The van der Waals surface area contributed by atoms with Gasteiger partial charge in [-0.15, -0.1) is 12.4 Å². The first-order valence-corrected chi connectivity index (χ1v) is 5.54. The molecule has 0 fully saturated rings. The first-order valence-electron chi connectivity index (χ1n) is 5.54. The maximum atomic E-state index is 5.97. The summed E-state index contributed by atoms with van der Waals surface area (Å²) in [6.07, 6.45) is 0. The lowest BCUT2D eigenvalue weighted by Crippen LogP contribution is -2.01. The number of rotatable bonds is 4. The zero-order valence-corrected chi connectivity index (χ0v) is 11.0. The highest BCUT2D eigenvalue weighted by molar-refractivity contribution is 5.85. The topological polar surface area (TPSA) is 47.3 Å². The number of para-hydroxylation sites is 1. The Morgan fingerprint density at radius 2 is 1.78 bits per heavy atom. The van der Waals surface area contributed by atoms with E-state index in [1.165, 1.54) is 0 Å². The molecule has 0 aliphatic carbocycles. The van der Waals surface area contributed by atoms with Crippen molar-refractivity contribution in [2.75, 3.05) is 18.1 Å². The van der Waals surface area contributed by atoms with Gasteiger partial charge in [0.05, 0.1) is 11.4 Å². The molecule has 0 aromatic heterocycles. The molecule has 18 heavy (non-hydrogen) atoms. The molecule has 4 heteroatoms. The van der Waals surface area contributed by atoms with Crippen molar-refractivity contribution in [3.8, 4) is 5.75 Å². The summed E-state index contributed by atoms with van der Waals surface area (Å²) in [5.41, 5.74) is 8.63. The van der Waals surface area contributed by atoms with E-state index in [0.717, 1.165) is 11.3 Å². The van der Waals surface area contributed by atoms with Gasteiger partial charge in [0, 0.05) is 7.05 Å². The van der Waals surface area contributed by atoms with Gasteiger partial charge >= 0.3 is 0 Å². The van der Waals surface area contributed by atoms with Crippen LogP contribution in [0.3, 0.4) is 0 Å². The molecule has 2 aromatic rings. The van der Waals surface area contributed by atoms with E-state index >= 15 is 0 Å². The molecule has 0 aliphatic rings. The molecule has 0 saturated heterocycles. The number of ether oxygens (including phenoxy) is 1. The van der Waals surface area contributed by atoms with Gasteiger partial charge in [-0.3, -0.25) is 0 Å². The van der Waals surface area contributed by atoms with Crippen molar-refractivity contribution >= 4 is 23.8 Å². The van der Waals surface area contributed by atoms with Crippen LogP contribution < -0.4 is 15.8 Å². The quantitative estimate of drug-likeness (QED) is 0.833. The van der Waals surface area contributed by atoms with Crippen molar-refractivity contribution < 1.29 is 4.74 Å². The van der Waals surface area contributed by atoms with Gasteiger partial charge in [0.2, 0.25) is 0 Å². The number of hydrogen-bond donors (Lipinski definition) is 2. The Bertz CT molecular complexity index is 488. The number of nitrogen functional groups attached to an aromatic ring is 1. The summed E-state index contributed by atoms with van der Waals surface area (Å²) < 4.78 is 5.70. The standard InChI is InChI=1S/C14H16N2O.ClH/c1-16-12-8-5-9-13(14(12)15)17-10-11-6-3-2-4-7-11;/h2-9,16H,10,15H2,1H3;1H. The minimum absolute atomic E-state index is 0. The van der Waals surface area contributed by atoms with Gasteiger partial charge in [0.15, 0.2) is 0 Å². The Morgan fingerprint density at radius 3 is 2.44 bits per heavy atom. The zero-order chi connectivity index (χ0) is 12.1. The smallest absolute Gasteiger partial charge is 0.144 e. The molecule has 0 amide bonds. The molecule has 2 aromatic carbocycles. The van der Waals surface area contributed by atoms with Crippen LogP contribution in [0.15, 0.2) is 48.5 Å². The van der Waals surface area contributed by atoms with Crippen molar-refractivity contribution in [3.05, 3.63) is 54.1 Å². The molecule has 3 N–H and O–H groups in total. The normalized spacial score (nSPS) is 9.39. The van der Waals surface area contributed by atoms with E-state index in [1.54, 1.807) is 0 Å². The predicted molar refractivity (Wildman–Crippen MR) is 78.4 cm³/mol. The molecule has 0 spiro atoms. The van der Waals surface area contributed by atoms with Gasteiger partial charge in [-0.1, -0.05) is 36.4 Å². The fraction of sp³-hybridized carbons (Fsp3) is 0.143. The summed E-state index contributed by atoms with van der Waals surface area (Å²) in [6.45, 7) is 0.526. The fourth-order valence-corrected chi connectivity index (χ4v) is 1.62. The third kappa shape index (κ3) is 3.31. The molecular weight excluding hydrogens is 248 g/mol. The third-order valence-electron chi connectivity index (χ3n) is 2.57. The summed E-state index contributed by atoms with van der Waals surface area (Å²) in [4.78, 5) is 0. The third-order valence-corrected chi connectivity index (χ3v) is 2.57. The fourth-order valence-electron chi connectivity index (χ4n) is 1.62. The Hall–Kier alpha value is -1.87. The average molecular weight is 265 g/mol. The summed E-state index contributed by atoms with van der Waals surface area (Å²) in [5, 5.41) is 3.03. The lowest BCUT2D eigenvalue weighted by Gasteiger charge is -2.12. The second kappa shape index (κ2) is 6.77. The second-order valence-corrected chi connectivity index (χ2v) is 3.74. The van der Waals surface area contributed by atoms with Crippen LogP contribution in [0.2, 0.25) is 0 Å². The highest BCUT2D eigenvalue weighted by Crippen LogP contribution is 2.29. The van der Waals surface area contributed by atoms with Gasteiger partial charge in [0.1, 0.15) is 12.4 Å². The van der Waals surface area contributed by atoms with Gasteiger partial charge in [-0.2, -0.15) is 0 Å². The number of hydrogen-bond acceptors (Lipinski definition) is 3. The molecule has 3 nitrogen and oxygen atoms in total. The first-order chi connectivity index (χ1) is 8.31. The van der Waals surface area contributed by atoms with Crippen LogP contribution in [0.25, 0.3) is 0 Å². The van der Waals surface area contributed by atoms with E-state index < -0.39 is 0 Å². The predicted octanol–water partition coefficient (Wildman–Crippen LogP) is 3.31. The molecule has 0 saturated carbocycles. The molecule has 0 unspecified atom stereocenters. The first kappa shape index (κ1) is 14.2. The Balaban J connectivity index is 0.00000162. The molecule has 0 heterocycles. The van der Waals surface area contributed by atoms with E-state index in [0.29, 0.717) is 18.0 Å². The number of nitrogens with one attached hydrogen (secondary N) is 1. The number of nitrogens with two attached hydrogens (primary N) is 1. The molecule has 0 radical (unpaired) electrons. The number of anilines is 2. The van der Waals surface area contributed by atoms with E-state index in [2.05, 4.69) is 5.32 Å². The van der Waals surface area contributed by atoms with Gasteiger partial charge < -0.3 is 15.8 Å². The van der Waals surface area contributed by atoms with Gasteiger partial charge in [-0.25, -0.2) is 0 Å². The minimum atomic E-state index is 0. The summed E-state index contributed by atoms with van der Waals surface area (Å²) >= 11 is 0. The highest BCUT2D eigenvalue weighted by Gasteiger charge is 2.04. The summed E-state index contributed by atoms with van der Waals surface area (Å²) in [6, 6.07) is 15.7. The van der Waals surface area contributed by atoms with E-state index in [9.17, 15) is 0 Å². The summed E-state index contributed by atoms with van der Waals surface area (Å²) in [7, 11) is 1.84. The molecule has 0 bridgehead atoms. The van der Waals surface area contributed by atoms with E-state index in [4.69, 9.17) is 10.5 Å². The molecule has 2 rings (SSSR count). The number of halogens is 1. The largest absolute Gasteiger partial charge is 0.487 e. The second-order valence-electron chi connectivity index (χ2n) is 3.74. The molecule has 0 atom stereocenters. The lowest BCUT2D eigenvalue weighted by atomic mass is 10.2. The average Bonchev–Trinajstić information content (AvgIpc) is 2.39. The Labute approximate surface area is 113 Å². The zero-order valence-electron chi connectivity index (χ0n) is 10.2. The monoisotopic (exact) mass is 264 g/mol. The van der Waals surface area contributed by atoms with Crippen LogP contribution in [0.1, 0.15) is 5.56 Å². The van der Waals surface area contributed by atoms with E-state index in [-0.39, 0.29) is 12.4 Å². The van der Waals surface area contributed by atoms with Gasteiger partial charge in [0.25, 0.3) is 0 Å². The van der Waals surface area contributed by atoms with Crippen LogP contribution in [-0.4, -0.2) is 7.05 Å². The Kier molecular flexibility index (Phi) is 5.33. The van der Waals surface area contributed by atoms with Crippen LogP contribution >= 0.6 is 12.4 Å². The SMILES string of the molecule is CNc1cccc(OCc2ccccc2)c1N.Cl. The van der Waals surface area contributed by atoms with Crippen molar-refractivity contribution in [2.24, 2.45) is 0 Å². The molecule has 96 valence electrons. The lowest BCUT2D eigenvalue weighted by molar-refractivity contribution is 0.308. The molecular formula is C14H17ClN2O. The van der Waals surface area contributed by atoms with Crippen LogP contribution in [0.4, 0.5) is 11.4 Å². The highest BCUT2D eigenvalue weighted by atomic mass is 35.5. The van der Waals surface area contributed by atoms with Crippen molar-refractivity contribution in [1.82, 2.24) is 0 Å².